The van der Waals surface area contributed by atoms with E-state index >= 15 is 0 Å². The van der Waals surface area contributed by atoms with E-state index in [9.17, 15) is 5.26 Å². The van der Waals surface area contributed by atoms with Crippen LogP contribution in [0.4, 0.5) is 0 Å². The van der Waals surface area contributed by atoms with Gasteiger partial charge in [-0.2, -0.15) is 5.26 Å². The zero-order valence-electron chi connectivity index (χ0n) is 10.5. The zero-order chi connectivity index (χ0) is 12.3. The first-order chi connectivity index (χ1) is 8.16. The maximum absolute atomic E-state index is 9.55. The van der Waals surface area contributed by atoms with Crippen LogP contribution in [0.25, 0.3) is 0 Å². The number of hydrogen-bond acceptors (Lipinski definition) is 3. The van der Waals surface area contributed by atoms with Gasteiger partial charge in [-0.05, 0) is 19.4 Å². The second-order valence-corrected chi connectivity index (χ2v) is 4.79. The molecule has 0 radical (unpaired) electrons. The van der Waals surface area contributed by atoms with Crippen LogP contribution in [0.5, 0.6) is 0 Å². The van der Waals surface area contributed by atoms with Crippen molar-refractivity contribution in [1.29, 1.82) is 5.26 Å². The monoisotopic (exact) mass is 229 g/mol. The molecule has 1 heterocycles. The van der Waals surface area contributed by atoms with Gasteiger partial charge in [0.1, 0.15) is 5.54 Å². The van der Waals surface area contributed by atoms with Crippen molar-refractivity contribution in [3.05, 3.63) is 35.4 Å². The molecule has 1 N–H and O–H groups in total. The van der Waals surface area contributed by atoms with Crippen LogP contribution in [-0.2, 0) is 5.54 Å². The maximum Gasteiger partial charge on any atom is 0.132 e. The van der Waals surface area contributed by atoms with Crippen molar-refractivity contribution in [3.8, 4) is 6.07 Å². The molecule has 0 bridgehead atoms. The lowest BCUT2D eigenvalue weighted by molar-refractivity contribution is 0.132. The first-order valence-electron chi connectivity index (χ1n) is 6.11. The molecule has 17 heavy (non-hydrogen) atoms. The number of nitriles is 1. The Morgan fingerprint density at radius 2 is 1.82 bits per heavy atom. The van der Waals surface area contributed by atoms with Crippen LogP contribution in [0, 0.1) is 18.3 Å². The van der Waals surface area contributed by atoms with Crippen molar-refractivity contribution in [2.75, 3.05) is 26.2 Å². The molecule has 0 saturated carbocycles. The highest BCUT2D eigenvalue weighted by molar-refractivity contribution is 5.33. The Hall–Kier alpha value is -1.37. The SMILES string of the molecule is Cc1ccc(C(C)(C#N)N2CCNCC2)cc1. The number of aryl methyl sites for hydroxylation is 1. The number of piperazine rings is 1. The zero-order valence-corrected chi connectivity index (χ0v) is 10.5. The second-order valence-electron chi connectivity index (χ2n) is 4.79. The van der Waals surface area contributed by atoms with Gasteiger partial charge in [-0.1, -0.05) is 29.8 Å². The van der Waals surface area contributed by atoms with Crippen LogP contribution in [0.1, 0.15) is 18.1 Å². The van der Waals surface area contributed by atoms with Gasteiger partial charge >= 0.3 is 0 Å². The lowest BCUT2D eigenvalue weighted by Crippen LogP contribution is -2.52. The molecule has 1 atom stereocenters. The van der Waals surface area contributed by atoms with E-state index in [0.717, 1.165) is 31.7 Å². The molecule has 1 aromatic carbocycles. The first-order valence-corrected chi connectivity index (χ1v) is 6.11. The van der Waals surface area contributed by atoms with Gasteiger partial charge in [-0.3, -0.25) is 4.90 Å². The third-order valence-corrected chi connectivity index (χ3v) is 3.58. The fraction of sp³-hybridized carbons (Fsp3) is 0.500. The average molecular weight is 229 g/mol. The predicted molar refractivity (Wildman–Crippen MR) is 68.6 cm³/mol. The molecule has 0 amide bonds. The number of benzene rings is 1. The van der Waals surface area contributed by atoms with E-state index in [1.54, 1.807) is 0 Å². The van der Waals surface area contributed by atoms with Crippen molar-refractivity contribution in [3.63, 3.8) is 0 Å². The molecule has 1 saturated heterocycles. The molecule has 1 aromatic rings. The smallest absolute Gasteiger partial charge is 0.132 e. The normalized spacial score (nSPS) is 20.5. The van der Waals surface area contributed by atoms with Crippen LogP contribution < -0.4 is 5.32 Å². The number of rotatable bonds is 2. The molecule has 0 spiro atoms. The van der Waals surface area contributed by atoms with Gasteiger partial charge < -0.3 is 5.32 Å². The minimum atomic E-state index is -0.504. The average Bonchev–Trinajstić information content (AvgIpc) is 2.40. The van der Waals surface area contributed by atoms with Crippen LogP contribution in [0.3, 0.4) is 0 Å². The third-order valence-electron chi connectivity index (χ3n) is 3.58. The van der Waals surface area contributed by atoms with Crippen molar-refractivity contribution >= 4 is 0 Å². The molecule has 1 fully saturated rings. The number of hydrogen-bond donors (Lipinski definition) is 1. The van der Waals surface area contributed by atoms with Crippen LogP contribution in [0.15, 0.2) is 24.3 Å². The van der Waals surface area contributed by atoms with Crippen molar-refractivity contribution in [2.24, 2.45) is 0 Å². The molecule has 0 aromatic heterocycles. The molecule has 3 nitrogen and oxygen atoms in total. The molecule has 1 aliphatic heterocycles. The van der Waals surface area contributed by atoms with Crippen molar-refractivity contribution < 1.29 is 0 Å². The minimum Gasteiger partial charge on any atom is -0.314 e. The lowest BCUT2D eigenvalue weighted by Gasteiger charge is -2.39. The van der Waals surface area contributed by atoms with Gasteiger partial charge in [0.25, 0.3) is 0 Å². The van der Waals surface area contributed by atoms with Crippen LogP contribution >= 0.6 is 0 Å². The van der Waals surface area contributed by atoms with E-state index in [1.165, 1.54) is 5.56 Å². The first kappa shape index (κ1) is 12.1. The highest BCUT2D eigenvalue weighted by Crippen LogP contribution is 2.28. The molecule has 0 aliphatic carbocycles. The third kappa shape index (κ3) is 2.33. The largest absolute Gasteiger partial charge is 0.314 e. The molecular formula is C14H19N3. The molecule has 2 rings (SSSR count). The Kier molecular flexibility index (Phi) is 3.46. The summed E-state index contributed by atoms with van der Waals surface area (Å²) in [6.45, 7) is 7.86. The summed E-state index contributed by atoms with van der Waals surface area (Å²) < 4.78 is 0. The Morgan fingerprint density at radius 3 is 2.35 bits per heavy atom. The second kappa shape index (κ2) is 4.87. The molecule has 1 aliphatic rings. The van der Waals surface area contributed by atoms with E-state index in [-0.39, 0.29) is 0 Å². The molecule has 90 valence electrons. The standard InChI is InChI=1S/C14H19N3/c1-12-3-5-13(6-4-12)14(2,11-15)17-9-7-16-8-10-17/h3-6,16H,7-10H2,1-2H3. The van der Waals surface area contributed by atoms with E-state index in [1.807, 2.05) is 6.92 Å². The fourth-order valence-corrected chi connectivity index (χ4v) is 2.31. The Bertz CT molecular complexity index is 412. The highest BCUT2D eigenvalue weighted by atomic mass is 15.2. The molecular weight excluding hydrogens is 210 g/mol. The summed E-state index contributed by atoms with van der Waals surface area (Å²) in [6.07, 6.45) is 0. The predicted octanol–water partition coefficient (Wildman–Crippen LogP) is 1.64. The summed E-state index contributed by atoms with van der Waals surface area (Å²) in [5.74, 6) is 0. The summed E-state index contributed by atoms with van der Waals surface area (Å²) in [5, 5.41) is 12.9. The van der Waals surface area contributed by atoms with E-state index in [2.05, 4.69) is 47.5 Å². The Labute approximate surface area is 103 Å². The highest BCUT2D eigenvalue weighted by Gasteiger charge is 2.34. The number of nitrogens with zero attached hydrogens (tertiary/aromatic N) is 2. The van der Waals surface area contributed by atoms with Gasteiger partial charge in [0.2, 0.25) is 0 Å². The van der Waals surface area contributed by atoms with E-state index < -0.39 is 5.54 Å². The van der Waals surface area contributed by atoms with Gasteiger partial charge in [-0.15, -0.1) is 0 Å². The Balaban J connectivity index is 2.30. The topological polar surface area (TPSA) is 39.1 Å². The van der Waals surface area contributed by atoms with Crippen molar-refractivity contribution in [2.45, 2.75) is 19.4 Å². The lowest BCUT2D eigenvalue weighted by atomic mass is 9.90. The molecule has 3 heteroatoms. The van der Waals surface area contributed by atoms with Gasteiger partial charge in [0.05, 0.1) is 6.07 Å². The number of nitrogens with one attached hydrogen (secondary N) is 1. The quantitative estimate of drug-likeness (QED) is 0.838. The summed E-state index contributed by atoms with van der Waals surface area (Å²) in [5.41, 5.74) is 1.82. The Morgan fingerprint density at radius 1 is 1.24 bits per heavy atom. The van der Waals surface area contributed by atoms with Crippen molar-refractivity contribution in [1.82, 2.24) is 10.2 Å². The fourth-order valence-electron chi connectivity index (χ4n) is 2.31. The van der Waals surface area contributed by atoms with E-state index in [4.69, 9.17) is 0 Å². The summed E-state index contributed by atoms with van der Waals surface area (Å²) in [4.78, 5) is 2.26. The van der Waals surface area contributed by atoms with Crippen LogP contribution in [0.2, 0.25) is 0 Å². The van der Waals surface area contributed by atoms with Gasteiger partial charge in [0.15, 0.2) is 0 Å². The minimum absolute atomic E-state index is 0.504. The van der Waals surface area contributed by atoms with Gasteiger partial charge in [0, 0.05) is 26.2 Å². The van der Waals surface area contributed by atoms with Gasteiger partial charge in [-0.25, -0.2) is 0 Å². The van der Waals surface area contributed by atoms with E-state index in [0.29, 0.717) is 0 Å². The molecule has 1 unspecified atom stereocenters. The summed E-state index contributed by atoms with van der Waals surface area (Å²) in [7, 11) is 0. The maximum atomic E-state index is 9.55. The van der Waals surface area contributed by atoms with Crippen LogP contribution in [-0.4, -0.2) is 31.1 Å². The summed E-state index contributed by atoms with van der Waals surface area (Å²) in [6, 6.07) is 10.8. The summed E-state index contributed by atoms with van der Waals surface area (Å²) >= 11 is 0.